The number of carbonyl (C=O) groups excluding carboxylic acids is 1. The van der Waals surface area contributed by atoms with E-state index in [-0.39, 0.29) is 11.4 Å². The summed E-state index contributed by atoms with van der Waals surface area (Å²) >= 11 is 0. The van der Waals surface area contributed by atoms with Gasteiger partial charge in [-0.25, -0.2) is 0 Å². The van der Waals surface area contributed by atoms with Crippen LogP contribution >= 0.6 is 0 Å². The molecular weight excluding hydrogens is 302 g/mol. The number of carbonyl (C=O) groups is 1. The summed E-state index contributed by atoms with van der Waals surface area (Å²) in [5.74, 6) is 1.91. The highest BCUT2D eigenvalue weighted by molar-refractivity contribution is 5.78. The summed E-state index contributed by atoms with van der Waals surface area (Å²) in [6, 6.07) is 0. The quantitative estimate of drug-likeness (QED) is 0.486. The Morgan fingerprint density at radius 1 is 1.29 bits per heavy atom. The molecule has 1 fully saturated rings. The minimum atomic E-state index is -0.162. The Bertz CT molecular complexity index is 406. The Kier molecular flexibility index (Phi) is 8.53. The monoisotopic (exact) mass is 339 g/mol. The van der Waals surface area contributed by atoms with Crippen molar-refractivity contribution in [1.82, 2.24) is 15.5 Å². The molecule has 0 aliphatic carbocycles. The molecule has 0 atom stereocenters. The molecule has 0 aromatic heterocycles. The van der Waals surface area contributed by atoms with Gasteiger partial charge in [0.1, 0.15) is 0 Å². The van der Waals surface area contributed by atoms with E-state index in [9.17, 15) is 4.79 Å². The van der Waals surface area contributed by atoms with Crippen molar-refractivity contribution in [2.24, 2.45) is 22.6 Å². The molecule has 140 valence electrons. The first-order valence-corrected chi connectivity index (χ1v) is 9.23. The molecule has 6 heteroatoms. The zero-order valence-corrected chi connectivity index (χ0v) is 16.2. The maximum atomic E-state index is 12.0. The van der Waals surface area contributed by atoms with Crippen LogP contribution in [-0.4, -0.2) is 55.0 Å². The van der Waals surface area contributed by atoms with E-state index in [1.165, 1.54) is 0 Å². The number of piperidine rings is 1. The van der Waals surface area contributed by atoms with Crippen molar-refractivity contribution in [2.45, 2.75) is 59.4 Å². The Hall–Kier alpha value is -1.30. The molecule has 1 saturated heterocycles. The molecule has 0 spiro atoms. The highest BCUT2D eigenvalue weighted by Crippen LogP contribution is 2.17. The number of nitrogens with two attached hydrogens (primary N) is 1. The lowest BCUT2D eigenvalue weighted by molar-refractivity contribution is -0.124. The van der Waals surface area contributed by atoms with Crippen LogP contribution in [0, 0.1) is 11.8 Å². The average molecular weight is 340 g/mol. The Morgan fingerprint density at radius 2 is 1.92 bits per heavy atom. The fourth-order valence-corrected chi connectivity index (χ4v) is 2.76. The van der Waals surface area contributed by atoms with E-state index in [1.807, 2.05) is 20.8 Å². The van der Waals surface area contributed by atoms with Crippen molar-refractivity contribution in [3.8, 4) is 0 Å². The van der Waals surface area contributed by atoms with Gasteiger partial charge in [-0.15, -0.1) is 0 Å². The van der Waals surface area contributed by atoms with Gasteiger partial charge >= 0.3 is 0 Å². The second kappa shape index (κ2) is 9.87. The van der Waals surface area contributed by atoms with E-state index < -0.39 is 0 Å². The number of amides is 1. The van der Waals surface area contributed by atoms with E-state index in [2.05, 4.69) is 34.4 Å². The van der Waals surface area contributed by atoms with Gasteiger partial charge in [-0.2, -0.15) is 0 Å². The standard InChI is InChI=1S/C18H37N5O/c1-14(2)6-9-20-17(19)21-12-15-7-10-23(11-8-15)13-16(24)22-18(3,4)5/h14-15H,6-13H2,1-5H3,(H,22,24)(H3,19,20,21). The minimum Gasteiger partial charge on any atom is -0.370 e. The number of rotatable bonds is 7. The predicted molar refractivity (Wildman–Crippen MR) is 101 cm³/mol. The van der Waals surface area contributed by atoms with Gasteiger partial charge < -0.3 is 16.4 Å². The molecule has 1 amide bonds. The smallest absolute Gasteiger partial charge is 0.234 e. The van der Waals surface area contributed by atoms with Crippen LogP contribution in [-0.2, 0) is 4.79 Å². The second-order valence-electron chi connectivity index (χ2n) is 8.35. The highest BCUT2D eigenvalue weighted by Gasteiger charge is 2.22. The SMILES string of the molecule is CC(C)CCNC(N)=NCC1CCN(CC(=O)NC(C)(C)C)CC1. The summed E-state index contributed by atoms with van der Waals surface area (Å²) in [5.41, 5.74) is 5.74. The summed E-state index contributed by atoms with van der Waals surface area (Å²) in [6.45, 7) is 14.5. The Balaban J connectivity index is 2.22. The zero-order valence-electron chi connectivity index (χ0n) is 16.2. The number of nitrogens with one attached hydrogen (secondary N) is 2. The van der Waals surface area contributed by atoms with E-state index in [1.54, 1.807) is 0 Å². The highest BCUT2D eigenvalue weighted by atomic mass is 16.2. The fraction of sp³-hybridized carbons (Fsp3) is 0.889. The largest absolute Gasteiger partial charge is 0.370 e. The van der Waals surface area contributed by atoms with Crippen LogP contribution < -0.4 is 16.4 Å². The van der Waals surface area contributed by atoms with E-state index >= 15 is 0 Å². The molecule has 0 aromatic carbocycles. The van der Waals surface area contributed by atoms with Gasteiger partial charge in [0.05, 0.1) is 6.54 Å². The van der Waals surface area contributed by atoms with Gasteiger partial charge in [-0.1, -0.05) is 13.8 Å². The fourth-order valence-electron chi connectivity index (χ4n) is 2.76. The molecule has 0 saturated carbocycles. The van der Waals surface area contributed by atoms with E-state index in [0.29, 0.717) is 24.3 Å². The lowest BCUT2D eigenvalue weighted by Gasteiger charge is -2.31. The number of likely N-dealkylation sites (tertiary alicyclic amines) is 1. The third kappa shape index (κ3) is 9.75. The lowest BCUT2D eigenvalue weighted by Crippen LogP contribution is -2.47. The first-order valence-electron chi connectivity index (χ1n) is 9.23. The molecule has 0 bridgehead atoms. The van der Waals surface area contributed by atoms with Gasteiger partial charge in [-0.05, 0) is 65.0 Å². The normalized spacial score (nSPS) is 18.0. The minimum absolute atomic E-state index is 0.109. The summed E-state index contributed by atoms with van der Waals surface area (Å²) in [4.78, 5) is 18.7. The van der Waals surface area contributed by atoms with Crippen molar-refractivity contribution in [3.63, 3.8) is 0 Å². The number of nitrogens with zero attached hydrogens (tertiary/aromatic N) is 2. The third-order valence-corrected chi connectivity index (χ3v) is 4.14. The predicted octanol–water partition coefficient (Wildman–Crippen LogP) is 1.56. The van der Waals surface area contributed by atoms with Crippen LogP contribution in [0.15, 0.2) is 4.99 Å². The number of hydrogen-bond acceptors (Lipinski definition) is 3. The van der Waals surface area contributed by atoms with Crippen molar-refractivity contribution in [2.75, 3.05) is 32.7 Å². The van der Waals surface area contributed by atoms with Crippen LogP contribution in [0.4, 0.5) is 0 Å². The molecule has 24 heavy (non-hydrogen) atoms. The van der Waals surface area contributed by atoms with Crippen molar-refractivity contribution in [3.05, 3.63) is 0 Å². The van der Waals surface area contributed by atoms with Gasteiger partial charge in [-0.3, -0.25) is 14.7 Å². The summed E-state index contributed by atoms with van der Waals surface area (Å²) < 4.78 is 0. The molecule has 1 aliphatic heterocycles. The van der Waals surface area contributed by atoms with Gasteiger partial charge in [0.15, 0.2) is 5.96 Å². The number of aliphatic imine (C=N–C) groups is 1. The molecule has 0 unspecified atom stereocenters. The molecule has 1 aliphatic rings. The van der Waals surface area contributed by atoms with E-state index in [4.69, 9.17) is 5.73 Å². The lowest BCUT2D eigenvalue weighted by atomic mass is 9.97. The van der Waals surface area contributed by atoms with Crippen molar-refractivity contribution in [1.29, 1.82) is 0 Å². The zero-order chi connectivity index (χ0) is 18.2. The maximum Gasteiger partial charge on any atom is 0.234 e. The summed E-state index contributed by atoms with van der Waals surface area (Å²) in [5, 5.41) is 6.19. The van der Waals surface area contributed by atoms with Crippen molar-refractivity contribution < 1.29 is 4.79 Å². The molecule has 0 radical (unpaired) electrons. The van der Waals surface area contributed by atoms with Crippen LogP contribution in [0.5, 0.6) is 0 Å². The van der Waals surface area contributed by atoms with E-state index in [0.717, 1.165) is 45.4 Å². The number of hydrogen-bond donors (Lipinski definition) is 3. The van der Waals surface area contributed by atoms with Crippen LogP contribution in [0.1, 0.15) is 53.9 Å². The third-order valence-electron chi connectivity index (χ3n) is 4.14. The summed E-state index contributed by atoms with van der Waals surface area (Å²) in [6.07, 6.45) is 3.25. The first-order chi connectivity index (χ1) is 11.2. The molecule has 6 nitrogen and oxygen atoms in total. The average Bonchev–Trinajstić information content (AvgIpc) is 2.44. The Morgan fingerprint density at radius 3 is 2.46 bits per heavy atom. The van der Waals surface area contributed by atoms with Gasteiger partial charge in [0.25, 0.3) is 0 Å². The van der Waals surface area contributed by atoms with Crippen LogP contribution in [0.2, 0.25) is 0 Å². The van der Waals surface area contributed by atoms with Crippen LogP contribution in [0.3, 0.4) is 0 Å². The second-order valence-corrected chi connectivity index (χ2v) is 8.35. The molecule has 4 N–H and O–H groups in total. The van der Waals surface area contributed by atoms with Gasteiger partial charge in [0.2, 0.25) is 5.91 Å². The van der Waals surface area contributed by atoms with Crippen molar-refractivity contribution >= 4 is 11.9 Å². The summed E-state index contributed by atoms with van der Waals surface area (Å²) in [7, 11) is 0. The maximum absolute atomic E-state index is 12.0. The number of guanidine groups is 1. The molecular formula is C18H37N5O. The molecule has 1 heterocycles. The Labute approximate surface area is 147 Å². The van der Waals surface area contributed by atoms with Crippen LogP contribution in [0.25, 0.3) is 0 Å². The topological polar surface area (TPSA) is 82.8 Å². The first kappa shape index (κ1) is 20.7. The molecule has 0 aromatic rings. The molecule has 1 rings (SSSR count). The van der Waals surface area contributed by atoms with Gasteiger partial charge in [0, 0.05) is 18.6 Å².